The van der Waals surface area contributed by atoms with Gasteiger partial charge in [0.05, 0.1) is 12.2 Å². The molecule has 0 bridgehead atoms. The van der Waals surface area contributed by atoms with Crippen molar-refractivity contribution in [2.24, 2.45) is 10.9 Å². The maximum atomic E-state index is 4.60. The fraction of sp³-hybridized carbons (Fsp3) is 0.625. The summed E-state index contributed by atoms with van der Waals surface area (Å²) in [5.41, 5.74) is 0.994. The Morgan fingerprint density at radius 2 is 2.14 bits per heavy atom. The van der Waals surface area contributed by atoms with Crippen LogP contribution in [0.4, 0.5) is 0 Å². The molecule has 2 rings (SSSR count). The highest BCUT2D eigenvalue weighted by Crippen LogP contribution is 2.14. The van der Waals surface area contributed by atoms with Gasteiger partial charge in [-0.05, 0) is 58.0 Å². The summed E-state index contributed by atoms with van der Waals surface area (Å²) >= 11 is 0. The predicted molar refractivity (Wildman–Crippen MR) is 87.3 cm³/mol. The third-order valence-electron chi connectivity index (χ3n) is 3.87. The van der Waals surface area contributed by atoms with Crippen LogP contribution in [0.5, 0.6) is 0 Å². The van der Waals surface area contributed by atoms with E-state index in [1.165, 1.54) is 25.9 Å². The molecule has 0 unspecified atom stereocenters. The van der Waals surface area contributed by atoms with Crippen molar-refractivity contribution >= 4 is 5.96 Å². The van der Waals surface area contributed by atoms with Crippen molar-refractivity contribution < 1.29 is 0 Å². The van der Waals surface area contributed by atoms with E-state index in [9.17, 15) is 0 Å². The number of nitrogens with zero attached hydrogens (tertiary/aromatic N) is 3. The van der Waals surface area contributed by atoms with Gasteiger partial charge in [-0.3, -0.25) is 4.98 Å². The number of hydrogen-bond acceptors (Lipinski definition) is 3. The Labute approximate surface area is 127 Å². The fourth-order valence-electron chi connectivity index (χ4n) is 2.50. The van der Waals surface area contributed by atoms with Crippen LogP contribution < -0.4 is 10.6 Å². The Kier molecular flexibility index (Phi) is 6.47. The number of guanidine groups is 1. The lowest BCUT2D eigenvalue weighted by Gasteiger charge is -2.29. The first-order chi connectivity index (χ1) is 10.3. The third-order valence-corrected chi connectivity index (χ3v) is 3.87. The Morgan fingerprint density at radius 1 is 1.33 bits per heavy atom. The van der Waals surface area contributed by atoms with Crippen molar-refractivity contribution in [3.05, 3.63) is 30.1 Å². The Morgan fingerprint density at radius 3 is 2.81 bits per heavy atom. The maximum Gasteiger partial charge on any atom is 0.191 e. The van der Waals surface area contributed by atoms with E-state index in [0.717, 1.165) is 30.7 Å². The number of piperidine rings is 1. The summed E-state index contributed by atoms with van der Waals surface area (Å²) in [6.45, 7) is 6.99. The number of nitrogens with one attached hydrogen (secondary N) is 2. The van der Waals surface area contributed by atoms with Gasteiger partial charge in [0.1, 0.15) is 0 Å². The average Bonchev–Trinajstić information content (AvgIpc) is 2.52. The zero-order valence-corrected chi connectivity index (χ0v) is 13.2. The first-order valence-corrected chi connectivity index (χ1v) is 7.88. The van der Waals surface area contributed by atoms with Crippen molar-refractivity contribution in [1.29, 1.82) is 0 Å². The summed E-state index contributed by atoms with van der Waals surface area (Å²) in [5, 5.41) is 6.77. The van der Waals surface area contributed by atoms with E-state index < -0.39 is 0 Å². The summed E-state index contributed by atoms with van der Waals surface area (Å²) in [5.74, 6) is 1.64. The van der Waals surface area contributed by atoms with E-state index in [1.54, 1.807) is 0 Å². The van der Waals surface area contributed by atoms with Crippen molar-refractivity contribution in [3.63, 3.8) is 0 Å². The molecule has 0 aromatic carbocycles. The van der Waals surface area contributed by atoms with E-state index in [1.807, 2.05) is 24.4 Å². The van der Waals surface area contributed by atoms with Gasteiger partial charge in [0.2, 0.25) is 0 Å². The van der Waals surface area contributed by atoms with E-state index >= 15 is 0 Å². The lowest BCUT2D eigenvalue weighted by molar-refractivity contribution is 0.220. The summed E-state index contributed by atoms with van der Waals surface area (Å²) < 4.78 is 0. The molecule has 1 aromatic rings. The molecule has 2 N–H and O–H groups in total. The molecule has 0 amide bonds. The lowest BCUT2D eigenvalue weighted by atomic mass is 9.97. The predicted octanol–water partition coefficient (Wildman–Crippen LogP) is 1.48. The zero-order chi connectivity index (χ0) is 14.9. The monoisotopic (exact) mass is 289 g/mol. The van der Waals surface area contributed by atoms with Gasteiger partial charge in [-0.1, -0.05) is 6.07 Å². The minimum absolute atomic E-state index is 0.615. The zero-order valence-electron chi connectivity index (χ0n) is 13.2. The van der Waals surface area contributed by atoms with Crippen LogP contribution in [0.15, 0.2) is 29.4 Å². The normalized spacial score (nSPS) is 17.7. The summed E-state index contributed by atoms with van der Waals surface area (Å²) in [6, 6.07) is 5.93. The number of pyridine rings is 1. The molecule has 0 spiro atoms. The lowest BCUT2D eigenvalue weighted by Crippen LogP contribution is -2.42. The molecule has 0 atom stereocenters. The minimum Gasteiger partial charge on any atom is -0.357 e. The number of aromatic nitrogens is 1. The Bertz CT molecular complexity index is 424. The van der Waals surface area contributed by atoms with Crippen molar-refractivity contribution in [1.82, 2.24) is 20.5 Å². The SMILES string of the molecule is CCNC(=NCc1ccccn1)NCC1CCN(C)CC1. The van der Waals surface area contributed by atoms with Crippen LogP contribution in [0.3, 0.4) is 0 Å². The highest BCUT2D eigenvalue weighted by Gasteiger charge is 2.16. The molecular formula is C16H27N5. The standard InChI is InChI=1S/C16H27N5/c1-3-17-16(20-13-15-6-4-5-9-18-15)19-12-14-7-10-21(2)11-8-14/h4-6,9,14H,3,7-8,10-13H2,1-2H3,(H2,17,19,20). The van der Waals surface area contributed by atoms with Crippen LogP contribution in [0, 0.1) is 5.92 Å². The second kappa shape index (κ2) is 8.62. The second-order valence-electron chi connectivity index (χ2n) is 5.64. The minimum atomic E-state index is 0.615. The highest BCUT2D eigenvalue weighted by atomic mass is 15.2. The first-order valence-electron chi connectivity index (χ1n) is 7.88. The first kappa shape index (κ1) is 15.8. The van der Waals surface area contributed by atoms with E-state index in [2.05, 4.69) is 39.5 Å². The highest BCUT2D eigenvalue weighted by molar-refractivity contribution is 5.79. The fourth-order valence-corrected chi connectivity index (χ4v) is 2.50. The van der Waals surface area contributed by atoms with Crippen molar-refractivity contribution in [2.45, 2.75) is 26.3 Å². The van der Waals surface area contributed by atoms with E-state index in [0.29, 0.717) is 6.54 Å². The molecule has 116 valence electrons. The summed E-state index contributed by atoms with van der Waals surface area (Å²) in [7, 11) is 2.20. The second-order valence-corrected chi connectivity index (χ2v) is 5.64. The van der Waals surface area contributed by atoms with Crippen LogP contribution in [-0.4, -0.2) is 49.1 Å². The number of hydrogen-bond donors (Lipinski definition) is 2. The van der Waals surface area contributed by atoms with Gasteiger partial charge in [-0.2, -0.15) is 0 Å². The molecule has 1 aliphatic heterocycles. The smallest absolute Gasteiger partial charge is 0.191 e. The summed E-state index contributed by atoms with van der Waals surface area (Å²) in [6.07, 6.45) is 4.34. The van der Waals surface area contributed by atoms with Gasteiger partial charge in [-0.15, -0.1) is 0 Å². The molecule has 0 saturated carbocycles. The molecule has 0 aliphatic carbocycles. The van der Waals surface area contributed by atoms with Gasteiger partial charge < -0.3 is 15.5 Å². The largest absolute Gasteiger partial charge is 0.357 e. The van der Waals surface area contributed by atoms with Gasteiger partial charge in [-0.25, -0.2) is 4.99 Å². The molecule has 1 fully saturated rings. The van der Waals surface area contributed by atoms with Gasteiger partial charge >= 0.3 is 0 Å². The van der Waals surface area contributed by atoms with Crippen LogP contribution in [0.2, 0.25) is 0 Å². The van der Waals surface area contributed by atoms with Gasteiger partial charge in [0.15, 0.2) is 5.96 Å². The average molecular weight is 289 g/mol. The molecule has 5 nitrogen and oxygen atoms in total. The van der Waals surface area contributed by atoms with Crippen molar-refractivity contribution in [3.8, 4) is 0 Å². The molecule has 5 heteroatoms. The number of rotatable bonds is 5. The maximum absolute atomic E-state index is 4.60. The molecule has 1 saturated heterocycles. The van der Waals surface area contributed by atoms with E-state index in [4.69, 9.17) is 0 Å². The number of likely N-dealkylation sites (tertiary alicyclic amines) is 1. The third kappa shape index (κ3) is 5.71. The van der Waals surface area contributed by atoms with Crippen LogP contribution in [-0.2, 0) is 6.54 Å². The molecule has 1 aliphatic rings. The molecule has 1 aromatic heterocycles. The molecule has 21 heavy (non-hydrogen) atoms. The quantitative estimate of drug-likeness (QED) is 0.637. The van der Waals surface area contributed by atoms with Crippen LogP contribution in [0.1, 0.15) is 25.5 Å². The molecule has 0 radical (unpaired) electrons. The molecular weight excluding hydrogens is 262 g/mol. The Hall–Kier alpha value is -1.62. The van der Waals surface area contributed by atoms with Crippen molar-refractivity contribution in [2.75, 3.05) is 33.2 Å². The van der Waals surface area contributed by atoms with E-state index in [-0.39, 0.29) is 0 Å². The van der Waals surface area contributed by atoms with Crippen LogP contribution >= 0.6 is 0 Å². The van der Waals surface area contributed by atoms with Gasteiger partial charge in [0, 0.05) is 19.3 Å². The summed E-state index contributed by atoms with van der Waals surface area (Å²) in [4.78, 5) is 11.3. The molecule has 2 heterocycles. The van der Waals surface area contributed by atoms with Crippen LogP contribution in [0.25, 0.3) is 0 Å². The topological polar surface area (TPSA) is 52.6 Å². The Balaban J connectivity index is 1.81. The number of aliphatic imine (C=N–C) groups is 1. The van der Waals surface area contributed by atoms with Gasteiger partial charge in [0.25, 0.3) is 0 Å².